The number of nitrogens with two attached hydrogens (primary N) is 1. The van der Waals surface area contributed by atoms with Crippen molar-refractivity contribution < 1.29 is 0 Å². The fourth-order valence-corrected chi connectivity index (χ4v) is 2.29. The maximum Gasteiger partial charge on any atom is 0.227 e. The normalized spacial score (nSPS) is 21.3. The number of aromatic nitrogens is 3. The van der Waals surface area contributed by atoms with Crippen LogP contribution < -0.4 is 10.6 Å². The lowest BCUT2D eigenvalue weighted by atomic mass is 10.4. The molecule has 1 aromatic rings. The van der Waals surface area contributed by atoms with E-state index >= 15 is 0 Å². The average Bonchev–Trinajstić information content (AvgIpc) is 2.83. The number of rotatable bonds is 3. The molecule has 2 N–H and O–H groups in total. The molecule has 1 aliphatic carbocycles. The molecule has 2 heterocycles. The zero-order chi connectivity index (χ0) is 10.3. The minimum atomic E-state index is 0.497. The third-order valence-electron chi connectivity index (χ3n) is 3.23. The lowest BCUT2D eigenvalue weighted by Crippen LogP contribution is -2.22. The Morgan fingerprint density at radius 1 is 1.20 bits per heavy atom. The highest BCUT2D eigenvalue weighted by atomic mass is 15.4. The quantitative estimate of drug-likeness (QED) is 0.791. The van der Waals surface area contributed by atoms with Crippen molar-refractivity contribution in [3.8, 4) is 0 Å². The Bertz CT molecular complexity index is 349. The second-order valence-electron chi connectivity index (χ2n) is 4.42. The van der Waals surface area contributed by atoms with Gasteiger partial charge in [0.05, 0.1) is 6.54 Å². The molecule has 0 spiro atoms. The summed E-state index contributed by atoms with van der Waals surface area (Å²) in [4.78, 5) is 2.34. The average molecular weight is 207 g/mol. The Kier molecular flexibility index (Phi) is 2.12. The minimum Gasteiger partial charge on any atom is -0.341 e. The number of nitrogens with zero attached hydrogens (tertiary/aromatic N) is 4. The Morgan fingerprint density at radius 3 is 2.53 bits per heavy atom. The predicted octanol–water partition coefficient (Wildman–Crippen LogP) is 0.672. The molecular formula is C10H17N5. The first-order valence-corrected chi connectivity index (χ1v) is 5.79. The van der Waals surface area contributed by atoms with Gasteiger partial charge in [0, 0.05) is 19.1 Å². The van der Waals surface area contributed by atoms with E-state index in [-0.39, 0.29) is 0 Å². The summed E-state index contributed by atoms with van der Waals surface area (Å²) < 4.78 is 2.26. The summed E-state index contributed by atoms with van der Waals surface area (Å²) in [7, 11) is 0. The zero-order valence-electron chi connectivity index (χ0n) is 8.89. The van der Waals surface area contributed by atoms with Crippen LogP contribution >= 0.6 is 0 Å². The summed E-state index contributed by atoms with van der Waals surface area (Å²) in [6.07, 6.45) is 5.06. The molecule has 2 fully saturated rings. The second kappa shape index (κ2) is 3.48. The van der Waals surface area contributed by atoms with Gasteiger partial charge in [-0.05, 0) is 25.7 Å². The van der Waals surface area contributed by atoms with E-state index in [0.29, 0.717) is 12.6 Å². The first-order chi connectivity index (χ1) is 7.40. The molecule has 15 heavy (non-hydrogen) atoms. The third-order valence-corrected chi connectivity index (χ3v) is 3.23. The molecule has 2 aliphatic rings. The van der Waals surface area contributed by atoms with E-state index in [1.165, 1.54) is 25.7 Å². The van der Waals surface area contributed by atoms with Crippen LogP contribution in [-0.2, 0) is 6.54 Å². The molecule has 3 rings (SSSR count). The van der Waals surface area contributed by atoms with Crippen molar-refractivity contribution in [2.24, 2.45) is 5.73 Å². The smallest absolute Gasteiger partial charge is 0.227 e. The Morgan fingerprint density at radius 2 is 1.93 bits per heavy atom. The van der Waals surface area contributed by atoms with Gasteiger partial charge in [0.2, 0.25) is 5.95 Å². The van der Waals surface area contributed by atoms with Crippen molar-refractivity contribution >= 4 is 5.95 Å². The Hall–Kier alpha value is -1.10. The molecule has 0 atom stereocenters. The van der Waals surface area contributed by atoms with Crippen LogP contribution in [0.1, 0.15) is 37.5 Å². The zero-order valence-corrected chi connectivity index (χ0v) is 8.89. The van der Waals surface area contributed by atoms with E-state index in [1.807, 2.05) is 0 Å². The number of hydrogen-bond donors (Lipinski definition) is 1. The van der Waals surface area contributed by atoms with Crippen molar-refractivity contribution in [1.82, 2.24) is 14.8 Å². The van der Waals surface area contributed by atoms with Crippen LogP contribution in [-0.4, -0.2) is 27.9 Å². The van der Waals surface area contributed by atoms with Crippen LogP contribution in [0.25, 0.3) is 0 Å². The van der Waals surface area contributed by atoms with Crippen LogP contribution in [0, 0.1) is 0 Å². The van der Waals surface area contributed by atoms with Gasteiger partial charge in [0.25, 0.3) is 0 Å². The molecule has 0 unspecified atom stereocenters. The van der Waals surface area contributed by atoms with Gasteiger partial charge >= 0.3 is 0 Å². The largest absolute Gasteiger partial charge is 0.341 e. The van der Waals surface area contributed by atoms with Gasteiger partial charge in [-0.2, -0.15) is 0 Å². The summed E-state index contributed by atoms with van der Waals surface area (Å²) in [6.45, 7) is 2.74. The summed E-state index contributed by atoms with van der Waals surface area (Å²) >= 11 is 0. The fraction of sp³-hybridized carbons (Fsp3) is 0.800. The summed E-state index contributed by atoms with van der Waals surface area (Å²) in [5.74, 6) is 2.00. The van der Waals surface area contributed by atoms with Gasteiger partial charge < -0.3 is 10.6 Å². The molecule has 0 bridgehead atoms. The summed E-state index contributed by atoms with van der Waals surface area (Å²) in [5.41, 5.74) is 5.69. The summed E-state index contributed by atoms with van der Waals surface area (Å²) in [6, 6.07) is 0.620. The molecule has 5 nitrogen and oxygen atoms in total. The predicted molar refractivity (Wildman–Crippen MR) is 57.6 cm³/mol. The van der Waals surface area contributed by atoms with Crippen LogP contribution in [0.15, 0.2) is 0 Å². The van der Waals surface area contributed by atoms with Crippen LogP contribution in [0.4, 0.5) is 5.95 Å². The van der Waals surface area contributed by atoms with Crippen LogP contribution in [0.2, 0.25) is 0 Å². The Balaban J connectivity index is 1.94. The van der Waals surface area contributed by atoms with E-state index in [9.17, 15) is 0 Å². The highest BCUT2D eigenvalue weighted by molar-refractivity contribution is 5.34. The molecular weight excluding hydrogens is 190 g/mol. The molecule has 5 heteroatoms. The third kappa shape index (κ3) is 1.51. The van der Waals surface area contributed by atoms with Gasteiger partial charge in [-0.25, -0.2) is 0 Å². The van der Waals surface area contributed by atoms with Crippen molar-refractivity contribution in [1.29, 1.82) is 0 Å². The molecule has 1 saturated carbocycles. The summed E-state index contributed by atoms with van der Waals surface area (Å²) in [5, 5.41) is 8.48. The van der Waals surface area contributed by atoms with Gasteiger partial charge in [0.15, 0.2) is 0 Å². The standard InChI is InChI=1S/C10H17N5/c11-7-9-12-13-10(14-5-1-2-6-14)15(9)8-3-4-8/h8H,1-7,11H2. The van der Waals surface area contributed by atoms with E-state index in [2.05, 4.69) is 19.7 Å². The van der Waals surface area contributed by atoms with Crippen LogP contribution in [0.3, 0.4) is 0 Å². The maximum absolute atomic E-state index is 5.69. The molecule has 1 saturated heterocycles. The van der Waals surface area contributed by atoms with Gasteiger partial charge in [0.1, 0.15) is 5.82 Å². The first kappa shape index (κ1) is 9.15. The molecule has 1 aromatic heterocycles. The lowest BCUT2D eigenvalue weighted by Gasteiger charge is -2.17. The van der Waals surface area contributed by atoms with E-state index in [0.717, 1.165) is 24.9 Å². The molecule has 82 valence electrons. The maximum atomic E-state index is 5.69. The number of hydrogen-bond acceptors (Lipinski definition) is 4. The highest BCUT2D eigenvalue weighted by Crippen LogP contribution is 2.39. The van der Waals surface area contributed by atoms with Crippen LogP contribution in [0.5, 0.6) is 0 Å². The van der Waals surface area contributed by atoms with Crippen molar-refractivity contribution in [2.45, 2.75) is 38.3 Å². The van der Waals surface area contributed by atoms with E-state index in [4.69, 9.17) is 5.73 Å². The minimum absolute atomic E-state index is 0.497. The monoisotopic (exact) mass is 207 g/mol. The number of anilines is 1. The lowest BCUT2D eigenvalue weighted by molar-refractivity contribution is 0.669. The SMILES string of the molecule is NCc1nnc(N2CCCC2)n1C1CC1. The van der Waals surface area contributed by atoms with Crippen molar-refractivity contribution in [3.63, 3.8) is 0 Å². The van der Waals surface area contributed by atoms with E-state index in [1.54, 1.807) is 0 Å². The molecule has 0 aromatic carbocycles. The molecule has 0 amide bonds. The molecule has 0 radical (unpaired) electrons. The second-order valence-corrected chi connectivity index (χ2v) is 4.42. The fourth-order valence-electron chi connectivity index (χ4n) is 2.29. The Labute approximate surface area is 89.3 Å². The highest BCUT2D eigenvalue weighted by Gasteiger charge is 2.31. The van der Waals surface area contributed by atoms with Gasteiger partial charge in [-0.1, -0.05) is 0 Å². The van der Waals surface area contributed by atoms with Crippen molar-refractivity contribution in [2.75, 3.05) is 18.0 Å². The first-order valence-electron chi connectivity index (χ1n) is 5.79. The van der Waals surface area contributed by atoms with Crippen molar-refractivity contribution in [3.05, 3.63) is 5.82 Å². The van der Waals surface area contributed by atoms with Gasteiger partial charge in [-0.3, -0.25) is 4.57 Å². The molecule has 1 aliphatic heterocycles. The van der Waals surface area contributed by atoms with Gasteiger partial charge in [-0.15, -0.1) is 10.2 Å². The van der Waals surface area contributed by atoms with E-state index < -0.39 is 0 Å². The topological polar surface area (TPSA) is 60.0 Å².